The van der Waals surface area contributed by atoms with Gasteiger partial charge in [0.15, 0.2) is 4.34 Å². The van der Waals surface area contributed by atoms with Gasteiger partial charge in [0.1, 0.15) is 0 Å². The maximum atomic E-state index is 5.38. The Balaban J connectivity index is 1.71. The van der Waals surface area contributed by atoms with Crippen molar-refractivity contribution in [3.63, 3.8) is 0 Å². The van der Waals surface area contributed by atoms with Crippen molar-refractivity contribution in [1.29, 1.82) is 0 Å². The van der Waals surface area contributed by atoms with E-state index in [4.69, 9.17) is 4.74 Å². The van der Waals surface area contributed by atoms with Crippen LogP contribution in [0.15, 0.2) is 22.5 Å². The second-order valence-corrected chi connectivity index (χ2v) is 6.56. The summed E-state index contributed by atoms with van der Waals surface area (Å²) in [5, 5.41) is 3.50. The molecule has 5 heteroatoms. The fraction of sp³-hybridized carbons (Fsp3) is 0.462. The standard InChI is InChI=1S/C13H16N2OS2/c1-17-13-15-11-3-2-10(6-12(11)18-13)14-7-9-4-5-16-8-9/h2-3,6,9,14H,4-5,7-8H2,1H3. The summed E-state index contributed by atoms with van der Waals surface area (Å²) in [7, 11) is 0. The Morgan fingerprint density at radius 3 is 3.28 bits per heavy atom. The van der Waals surface area contributed by atoms with E-state index in [1.165, 1.54) is 16.8 Å². The molecule has 1 aliphatic heterocycles. The molecule has 18 heavy (non-hydrogen) atoms. The van der Waals surface area contributed by atoms with Crippen molar-refractivity contribution >= 4 is 39.0 Å². The second kappa shape index (κ2) is 5.47. The SMILES string of the molecule is CSc1nc2ccc(NCC3CCOC3)cc2s1. The lowest BCUT2D eigenvalue weighted by Crippen LogP contribution is -2.13. The van der Waals surface area contributed by atoms with Gasteiger partial charge in [-0.25, -0.2) is 4.98 Å². The maximum Gasteiger partial charge on any atom is 0.150 e. The third-order valence-corrected chi connectivity index (χ3v) is 5.17. The molecule has 2 aromatic rings. The van der Waals surface area contributed by atoms with Gasteiger partial charge in [-0.05, 0) is 30.9 Å². The monoisotopic (exact) mass is 280 g/mol. The number of benzene rings is 1. The van der Waals surface area contributed by atoms with Gasteiger partial charge in [0.2, 0.25) is 0 Å². The van der Waals surface area contributed by atoms with Gasteiger partial charge in [-0.2, -0.15) is 0 Å². The minimum Gasteiger partial charge on any atom is -0.385 e. The first-order valence-electron chi connectivity index (χ1n) is 6.11. The molecule has 1 aromatic heterocycles. The lowest BCUT2D eigenvalue weighted by Gasteiger charge is -2.10. The van der Waals surface area contributed by atoms with Crippen LogP contribution in [0.1, 0.15) is 6.42 Å². The Kier molecular flexibility index (Phi) is 3.72. The Bertz CT molecular complexity index is 535. The van der Waals surface area contributed by atoms with Crippen LogP contribution in [0.2, 0.25) is 0 Å². The van der Waals surface area contributed by atoms with E-state index >= 15 is 0 Å². The van der Waals surface area contributed by atoms with Crippen LogP contribution < -0.4 is 5.32 Å². The molecule has 0 aliphatic carbocycles. The van der Waals surface area contributed by atoms with Crippen molar-refractivity contribution < 1.29 is 4.74 Å². The van der Waals surface area contributed by atoms with E-state index in [1.807, 2.05) is 0 Å². The van der Waals surface area contributed by atoms with Gasteiger partial charge in [-0.3, -0.25) is 0 Å². The summed E-state index contributed by atoms with van der Waals surface area (Å²) in [6.07, 6.45) is 3.24. The van der Waals surface area contributed by atoms with Gasteiger partial charge in [0, 0.05) is 24.8 Å². The molecule has 0 bridgehead atoms. The zero-order valence-corrected chi connectivity index (χ0v) is 11.9. The Labute approximate surface area is 115 Å². The van der Waals surface area contributed by atoms with Crippen LogP contribution in [0, 0.1) is 5.92 Å². The zero-order valence-electron chi connectivity index (χ0n) is 10.3. The van der Waals surface area contributed by atoms with Gasteiger partial charge >= 0.3 is 0 Å². The topological polar surface area (TPSA) is 34.2 Å². The number of nitrogens with zero attached hydrogens (tertiary/aromatic N) is 1. The first kappa shape index (κ1) is 12.3. The number of thioether (sulfide) groups is 1. The quantitative estimate of drug-likeness (QED) is 0.870. The van der Waals surface area contributed by atoms with Crippen molar-refractivity contribution in [2.45, 2.75) is 10.8 Å². The minimum atomic E-state index is 0.656. The molecular formula is C13H16N2OS2. The van der Waals surface area contributed by atoms with Crippen molar-refractivity contribution in [3.8, 4) is 0 Å². The largest absolute Gasteiger partial charge is 0.385 e. The predicted molar refractivity (Wildman–Crippen MR) is 78.8 cm³/mol. The molecular weight excluding hydrogens is 264 g/mol. The number of fused-ring (bicyclic) bond motifs is 1. The van der Waals surface area contributed by atoms with Gasteiger partial charge in [0.25, 0.3) is 0 Å². The highest BCUT2D eigenvalue weighted by Gasteiger charge is 2.15. The van der Waals surface area contributed by atoms with E-state index < -0.39 is 0 Å². The fourth-order valence-corrected chi connectivity index (χ4v) is 3.64. The lowest BCUT2D eigenvalue weighted by molar-refractivity contribution is 0.187. The summed E-state index contributed by atoms with van der Waals surface area (Å²) in [5.74, 6) is 0.656. The van der Waals surface area contributed by atoms with Crippen LogP contribution in [0.3, 0.4) is 0 Å². The normalized spacial score (nSPS) is 19.5. The van der Waals surface area contributed by atoms with Crippen LogP contribution >= 0.6 is 23.1 Å². The van der Waals surface area contributed by atoms with Crippen LogP contribution in [-0.2, 0) is 4.74 Å². The number of hydrogen-bond donors (Lipinski definition) is 1. The van der Waals surface area contributed by atoms with E-state index in [2.05, 4.69) is 34.8 Å². The van der Waals surface area contributed by atoms with Crippen molar-refractivity contribution in [1.82, 2.24) is 4.98 Å². The highest BCUT2D eigenvalue weighted by atomic mass is 32.2. The Morgan fingerprint density at radius 1 is 1.56 bits per heavy atom. The Hall–Kier alpha value is -0.780. The average Bonchev–Trinajstić information content (AvgIpc) is 3.04. The molecule has 0 amide bonds. The van der Waals surface area contributed by atoms with Crippen LogP contribution in [0.4, 0.5) is 5.69 Å². The summed E-state index contributed by atoms with van der Waals surface area (Å²) in [6, 6.07) is 6.41. The van der Waals surface area contributed by atoms with E-state index in [0.29, 0.717) is 5.92 Å². The minimum absolute atomic E-state index is 0.656. The van der Waals surface area contributed by atoms with E-state index in [9.17, 15) is 0 Å². The third kappa shape index (κ3) is 2.63. The summed E-state index contributed by atoms with van der Waals surface area (Å²) in [6.45, 7) is 2.81. The molecule has 1 aliphatic rings. The third-order valence-electron chi connectivity index (χ3n) is 3.16. The average molecular weight is 280 g/mol. The molecule has 1 unspecified atom stereocenters. The number of thiazole rings is 1. The van der Waals surface area contributed by atoms with Gasteiger partial charge in [-0.1, -0.05) is 11.8 Å². The van der Waals surface area contributed by atoms with Crippen LogP contribution in [0.25, 0.3) is 10.2 Å². The highest BCUT2D eigenvalue weighted by Crippen LogP contribution is 2.30. The van der Waals surface area contributed by atoms with Crippen molar-refractivity contribution in [2.24, 2.45) is 5.92 Å². The molecule has 1 N–H and O–H groups in total. The number of nitrogens with one attached hydrogen (secondary N) is 1. The second-order valence-electron chi connectivity index (χ2n) is 4.48. The molecule has 1 atom stereocenters. The number of anilines is 1. The number of aromatic nitrogens is 1. The molecule has 1 aromatic carbocycles. The highest BCUT2D eigenvalue weighted by molar-refractivity contribution is 8.00. The molecule has 0 saturated carbocycles. The van der Waals surface area contributed by atoms with Crippen LogP contribution in [0.5, 0.6) is 0 Å². The first-order chi connectivity index (χ1) is 8.85. The van der Waals surface area contributed by atoms with Gasteiger partial charge < -0.3 is 10.1 Å². The van der Waals surface area contributed by atoms with Crippen molar-refractivity contribution in [2.75, 3.05) is 31.3 Å². The lowest BCUT2D eigenvalue weighted by atomic mass is 10.1. The van der Waals surface area contributed by atoms with Gasteiger partial charge in [-0.15, -0.1) is 11.3 Å². The number of hydrogen-bond acceptors (Lipinski definition) is 5. The zero-order chi connectivity index (χ0) is 12.4. The van der Waals surface area contributed by atoms with Crippen LogP contribution in [-0.4, -0.2) is 31.0 Å². The van der Waals surface area contributed by atoms with Crippen molar-refractivity contribution in [3.05, 3.63) is 18.2 Å². The fourth-order valence-electron chi connectivity index (χ4n) is 2.11. The molecule has 96 valence electrons. The molecule has 0 radical (unpaired) electrons. The molecule has 0 spiro atoms. The smallest absolute Gasteiger partial charge is 0.150 e. The van der Waals surface area contributed by atoms with E-state index in [1.54, 1.807) is 23.1 Å². The molecule has 1 saturated heterocycles. The molecule has 3 rings (SSSR count). The summed E-state index contributed by atoms with van der Waals surface area (Å²) >= 11 is 3.46. The maximum absolute atomic E-state index is 5.38. The first-order valence-corrected chi connectivity index (χ1v) is 8.15. The predicted octanol–water partition coefficient (Wildman–Crippen LogP) is 3.47. The number of ether oxygens (including phenoxy) is 1. The summed E-state index contributed by atoms with van der Waals surface area (Å²) < 4.78 is 7.77. The van der Waals surface area contributed by atoms with E-state index in [-0.39, 0.29) is 0 Å². The van der Waals surface area contributed by atoms with Gasteiger partial charge in [0.05, 0.1) is 16.8 Å². The summed E-state index contributed by atoms with van der Waals surface area (Å²) in [5.41, 5.74) is 2.28. The summed E-state index contributed by atoms with van der Waals surface area (Å²) in [4.78, 5) is 4.54. The Morgan fingerprint density at radius 2 is 2.50 bits per heavy atom. The molecule has 3 nitrogen and oxygen atoms in total. The molecule has 2 heterocycles. The number of rotatable bonds is 4. The molecule has 1 fully saturated rings. The van der Waals surface area contributed by atoms with E-state index in [0.717, 1.165) is 29.6 Å².